The van der Waals surface area contributed by atoms with Crippen LogP contribution in [0.3, 0.4) is 0 Å². The highest BCUT2D eigenvalue weighted by Crippen LogP contribution is 2.27. The van der Waals surface area contributed by atoms with Crippen molar-refractivity contribution < 1.29 is 9.53 Å². The minimum atomic E-state index is 0.0641. The van der Waals surface area contributed by atoms with Gasteiger partial charge >= 0.3 is 0 Å². The number of hydrogen-bond donors (Lipinski definition) is 2. The van der Waals surface area contributed by atoms with E-state index in [9.17, 15) is 4.79 Å². The fourth-order valence-corrected chi connectivity index (χ4v) is 2.01. The molecule has 0 saturated heterocycles. The number of nitrogens with two attached hydrogens (primary N) is 1. The molecule has 0 atom stereocenters. The Bertz CT molecular complexity index is 408. The molecule has 0 unspecified atom stereocenters. The third kappa shape index (κ3) is 3.23. The summed E-state index contributed by atoms with van der Waals surface area (Å²) in [6.07, 6.45) is 1.74. The second kappa shape index (κ2) is 5.40. The van der Waals surface area contributed by atoms with Crippen molar-refractivity contribution >= 4 is 11.6 Å². The second-order valence-electron chi connectivity index (χ2n) is 5.11. The molecule has 0 aliphatic heterocycles. The molecule has 4 heteroatoms. The quantitative estimate of drug-likeness (QED) is 0.858. The van der Waals surface area contributed by atoms with E-state index in [1.54, 1.807) is 0 Å². The van der Waals surface area contributed by atoms with Gasteiger partial charge in [-0.15, -0.1) is 0 Å². The molecule has 0 radical (unpaired) electrons. The molecular weight excluding hydrogens is 228 g/mol. The smallest absolute Gasteiger partial charge is 0.227 e. The average Bonchev–Trinajstić information content (AvgIpc) is 2.27. The summed E-state index contributed by atoms with van der Waals surface area (Å²) in [5.74, 6) is 0.953. The molecule has 0 spiro atoms. The zero-order valence-corrected chi connectivity index (χ0v) is 10.8. The fraction of sp³-hybridized carbons (Fsp3) is 0.500. The molecule has 0 aromatic heterocycles. The lowest BCUT2D eigenvalue weighted by Crippen LogP contribution is -2.42. The summed E-state index contributed by atoms with van der Waals surface area (Å²) < 4.78 is 5.54. The largest absolute Gasteiger partial charge is 0.491 e. The highest BCUT2D eigenvalue weighted by atomic mass is 16.5. The molecule has 1 aromatic carbocycles. The Labute approximate surface area is 108 Å². The molecular formula is C14H20N2O2. The van der Waals surface area contributed by atoms with E-state index in [1.165, 1.54) is 0 Å². The highest BCUT2D eigenvalue weighted by Gasteiger charge is 2.31. The lowest BCUT2D eigenvalue weighted by Gasteiger charge is -2.31. The van der Waals surface area contributed by atoms with Gasteiger partial charge in [0, 0.05) is 17.6 Å². The maximum absolute atomic E-state index is 11.8. The number of benzene rings is 1. The number of carbonyl (C=O) groups excluding carboxylic acids is 1. The molecule has 4 nitrogen and oxygen atoms in total. The molecule has 2 rings (SSSR count). The van der Waals surface area contributed by atoms with Gasteiger partial charge in [-0.2, -0.15) is 0 Å². The second-order valence-corrected chi connectivity index (χ2v) is 5.11. The van der Waals surface area contributed by atoms with E-state index < -0.39 is 0 Å². The summed E-state index contributed by atoms with van der Waals surface area (Å²) in [5.41, 5.74) is 6.47. The standard InChI is InChI=1S/C14H20N2O2/c1-9(2)18-13-5-3-12(4-6-13)16-14(17)10-7-11(15)8-10/h3-6,9-11H,7-8,15H2,1-2H3,(H,16,17). The molecule has 1 aromatic rings. The normalized spacial score (nSPS) is 22.4. The van der Waals surface area contributed by atoms with Crippen LogP contribution >= 0.6 is 0 Å². The fourth-order valence-electron chi connectivity index (χ4n) is 2.01. The Morgan fingerprint density at radius 1 is 1.33 bits per heavy atom. The first-order valence-electron chi connectivity index (χ1n) is 6.38. The third-order valence-corrected chi connectivity index (χ3v) is 3.04. The third-order valence-electron chi connectivity index (χ3n) is 3.04. The Morgan fingerprint density at radius 3 is 2.44 bits per heavy atom. The first-order valence-corrected chi connectivity index (χ1v) is 6.38. The number of anilines is 1. The van der Waals surface area contributed by atoms with Gasteiger partial charge in [-0.05, 0) is 51.0 Å². The van der Waals surface area contributed by atoms with Gasteiger partial charge in [0.2, 0.25) is 5.91 Å². The van der Waals surface area contributed by atoms with E-state index in [2.05, 4.69) is 5.32 Å². The van der Waals surface area contributed by atoms with Crippen LogP contribution in [-0.2, 0) is 4.79 Å². The summed E-state index contributed by atoms with van der Waals surface area (Å²) in [7, 11) is 0. The van der Waals surface area contributed by atoms with Crippen LogP contribution in [0.4, 0.5) is 5.69 Å². The van der Waals surface area contributed by atoms with Crippen LogP contribution in [0.15, 0.2) is 24.3 Å². The van der Waals surface area contributed by atoms with Gasteiger partial charge in [-0.3, -0.25) is 4.79 Å². The van der Waals surface area contributed by atoms with Crippen molar-refractivity contribution in [1.82, 2.24) is 0 Å². The number of nitrogens with one attached hydrogen (secondary N) is 1. The van der Waals surface area contributed by atoms with Crippen LogP contribution in [0.2, 0.25) is 0 Å². The van der Waals surface area contributed by atoms with Crippen LogP contribution in [-0.4, -0.2) is 18.1 Å². The SMILES string of the molecule is CC(C)Oc1ccc(NC(=O)C2CC(N)C2)cc1. The van der Waals surface area contributed by atoms with E-state index in [0.717, 1.165) is 24.3 Å². The van der Waals surface area contributed by atoms with Crippen LogP contribution in [0, 0.1) is 5.92 Å². The van der Waals surface area contributed by atoms with Gasteiger partial charge in [0.25, 0.3) is 0 Å². The van der Waals surface area contributed by atoms with Crippen molar-refractivity contribution in [2.45, 2.75) is 38.8 Å². The van der Waals surface area contributed by atoms with E-state index >= 15 is 0 Å². The Balaban J connectivity index is 1.88. The molecule has 0 bridgehead atoms. The average molecular weight is 248 g/mol. The number of amides is 1. The summed E-state index contributed by atoms with van der Waals surface area (Å²) in [5, 5.41) is 2.89. The molecule has 1 saturated carbocycles. The monoisotopic (exact) mass is 248 g/mol. The zero-order chi connectivity index (χ0) is 13.1. The molecule has 1 fully saturated rings. The maximum atomic E-state index is 11.8. The van der Waals surface area contributed by atoms with Crippen LogP contribution in [0.1, 0.15) is 26.7 Å². The van der Waals surface area contributed by atoms with Crippen molar-refractivity contribution in [2.75, 3.05) is 5.32 Å². The molecule has 1 amide bonds. The number of hydrogen-bond acceptors (Lipinski definition) is 3. The highest BCUT2D eigenvalue weighted by molar-refractivity contribution is 5.93. The van der Waals surface area contributed by atoms with Crippen LogP contribution in [0.25, 0.3) is 0 Å². The van der Waals surface area contributed by atoms with E-state index in [0.29, 0.717) is 0 Å². The molecule has 18 heavy (non-hydrogen) atoms. The molecule has 1 aliphatic rings. The number of ether oxygens (including phenoxy) is 1. The summed E-state index contributed by atoms with van der Waals surface area (Å²) in [6, 6.07) is 7.63. The van der Waals surface area contributed by atoms with E-state index in [-0.39, 0.29) is 24.0 Å². The number of rotatable bonds is 4. The Morgan fingerprint density at radius 2 is 1.94 bits per heavy atom. The van der Waals surface area contributed by atoms with E-state index in [1.807, 2.05) is 38.1 Å². The minimum absolute atomic E-state index is 0.0641. The van der Waals surface area contributed by atoms with Gasteiger partial charge < -0.3 is 15.8 Å². The lowest BCUT2D eigenvalue weighted by atomic mass is 9.80. The zero-order valence-electron chi connectivity index (χ0n) is 10.8. The van der Waals surface area contributed by atoms with Gasteiger partial charge in [0.05, 0.1) is 6.10 Å². The predicted octanol–water partition coefficient (Wildman–Crippen LogP) is 2.15. The molecule has 0 heterocycles. The molecule has 1 aliphatic carbocycles. The summed E-state index contributed by atoms with van der Waals surface area (Å²) in [4.78, 5) is 11.8. The molecule has 3 N–H and O–H groups in total. The maximum Gasteiger partial charge on any atom is 0.227 e. The molecule has 98 valence electrons. The summed E-state index contributed by atoms with van der Waals surface area (Å²) >= 11 is 0. The first kappa shape index (κ1) is 12.9. The first-order chi connectivity index (χ1) is 8.54. The van der Waals surface area contributed by atoms with Crippen LogP contribution < -0.4 is 15.8 Å². The van der Waals surface area contributed by atoms with Crippen molar-refractivity contribution in [3.63, 3.8) is 0 Å². The van der Waals surface area contributed by atoms with Crippen molar-refractivity contribution in [1.29, 1.82) is 0 Å². The van der Waals surface area contributed by atoms with Crippen molar-refractivity contribution in [2.24, 2.45) is 11.7 Å². The van der Waals surface area contributed by atoms with Crippen molar-refractivity contribution in [3.05, 3.63) is 24.3 Å². The van der Waals surface area contributed by atoms with E-state index in [4.69, 9.17) is 10.5 Å². The minimum Gasteiger partial charge on any atom is -0.491 e. The van der Waals surface area contributed by atoms with Crippen molar-refractivity contribution in [3.8, 4) is 5.75 Å². The topological polar surface area (TPSA) is 64.3 Å². The predicted molar refractivity (Wildman–Crippen MR) is 71.5 cm³/mol. The lowest BCUT2D eigenvalue weighted by molar-refractivity contribution is -0.122. The van der Waals surface area contributed by atoms with Gasteiger partial charge in [-0.25, -0.2) is 0 Å². The Hall–Kier alpha value is -1.55. The van der Waals surface area contributed by atoms with Gasteiger partial charge in [0.1, 0.15) is 5.75 Å². The van der Waals surface area contributed by atoms with Gasteiger partial charge in [0.15, 0.2) is 0 Å². The van der Waals surface area contributed by atoms with Gasteiger partial charge in [-0.1, -0.05) is 0 Å². The summed E-state index contributed by atoms with van der Waals surface area (Å²) in [6.45, 7) is 3.96. The number of carbonyl (C=O) groups is 1. The van der Waals surface area contributed by atoms with Crippen LogP contribution in [0.5, 0.6) is 5.75 Å². The Kier molecular flexibility index (Phi) is 3.87.